The van der Waals surface area contributed by atoms with Gasteiger partial charge >= 0.3 is 0 Å². The van der Waals surface area contributed by atoms with E-state index in [2.05, 4.69) is 20.5 Å². The number of aromatic nitrogens is 3. The van der Waals surface area contributed by atoms with E-state index in [1.807, 2.05) is 37.3 Å². The smallest absolute Gasteiger partial charge is 0.167 e. The lowest BCUT2D eigenvalue weighted by Crippen LogP contribution is -2.07. The molecule has 0 spiro atoms. The molecule has 0 amide bonds. The van der Waals surface area contributed by atoms with Crippen LogP contribution < -0.4 is 11.1 Å². The van der Waals surface area contributed by atoms with Gasteiger partial charge in [0, 0.05) is 5.69 Å². The molecule has 0 saturated carbocycles. The zero-order valence-electron chi connectivity index (χ0n) is 9.14. The largest absolute Gasteiger partial charge is 0.378 e. The van der Waals surface area contributed by atoms with Crippen molar-refractivity contribution < 1.29 is 0 Å². The third-order valence-electron chi connectivity index (χ3n) is 2.19. The van der Waals surface area contributed by atoms with Gasteiger partial charge in [-0.1, -0.05) is 18.2 Å². The summed E-state index contributed by atoms with van der Waals surface area (Å²) in [5, 5.41) is 10.1. The second-order valence-electron chi connectivity index (χ2n) is 3.65. The zero-order chi connectivity index (χ0) is 11.4. The van der Waals surface area contributed by atoms with Crippen LogP contribution >= 0.6 is 0 Å². The SMILES string of the molecule is C[C@H](N)c1n[nH]c(CNc2ccccc2)n1. The summed E-state index contributed by atoms with van der Waals surface area (Å²) in [4.78, 5) is 4.27. The van der Waals surface area contributed by atoms with E-state index >= 15 is 0 Å². The number of nitrogens with zero attached hydrogens (tertiary/aromatic N) is 2. The number of hydrogen-bond acceptors (Lipinski definition) is 4. The molecule has 2 aromatic rings. The third kappa shape index (κ3) is 2.58. The van der Waals surface area contributed by atoms with E-state index < -0.39 is 0 Å². The number of aromatic amines is 1. The van der Waals surface area contributed by atoms with Crippen LogP contribution in [-0.2, 0) is 6.54 Å². The van der Waals surface area contributed by atoms with Crippen molar-refractivity contribution in [3.05, 3.63) is 42.0 Å². The minimum atomic E-state index is -0.137. The van der Waals surface area contributed by atoms with Crippen LogP contribution in [0.1, 0.15) is 24.6 Å². The first-order chi connectivity index (χ1) is 7.75. The first kappa shape index (κ1) is 10.6. The average Bonchev–Trinajstić information content (AvgIpc) is 2.76. The van der Waals surface area contributed by atoms with Crippen LogP contribution in [0.15, 0.2) is 30.3 Å². The van der Waals surface area contributed by atoms with E-state index in [1.54, 1.807) is 0 Å². The molecule has 84 valence electrons. The van der Waals surface area contributed by atoms with Gasteiger partial charge in [-0.25, -0.2) is 4.98 Å². The van der Waals surface area contributed by atoms with Gasteiger partial charge in [0.2, 0.25) is 0 Å². The summed E-state index contributed by atoms with van der Waals surface area (Å²) in [6.45, 7) is 2.47. The lowest BCUT2D eigenvalue weighted by atomic mass is 10.3. The topological polar surface area (TPSA) is 79.6 Å². The van der Waals surface area contributed by atoms with Gasteiger partial charge in [-0.05, 0) is 19.1 Å². The first-order valence-electron chi connectivity index (χ1n) is 5.21. The fourth-order valence-electron chi connectivity index (χ4n) is 1.33. The van der Waals surface area contributed by atoms with Gasteiger partial charge in [-0.3, -0.25) is 5.10 Å². The summed E-state index contributed by atoms with van der Waals surface area (Å²) in [5.41, 5.74) is 6.73. The Morgan fingerprint density at radius 2 is 2.12 bits per heavy atom. The second kappa shape index (κ2) is 4.76. The summed E-state index contributed by atoms with van der Waals surface area (Å²) in [5.74, 6) is 1.43. The minimum Gasteiger partial charge on any atom is -0.378 e. The van der Waals surface area contributed by atoms with Gasteiger partial charge in [0.05, 0.1) is 12.6 Å². The molecule has 16 heavy (non-hydrogen) atoms. The molecule has 4 N–H and O–H groups in total. The molecular weight excluding hydrogens is 202 g/mol. The number of rotatable bonds is 4. The summed E-state index contributed by atoms with van der Waals surface area (Å²) in [6, 6.07) is 9.81. The molecule has 1 aromatic carbocycles. The van der Waals surface area contributed by atoms with Crippen LogP contribution in [0.25, 0.3) is 0 Å². The number of nitrogens with one attached hydrogen (secondary N) is 2. The summed E-state index contributed by atoms with van der Waals surface area (Å²) in [7, 11) is 0. The Balaban J connectivity index is 1.95. The predicted molar refractivity (Wildman–Crippen MR) is 62.8 cm³/mol. The highest BCUT2D eigenvalue weighted by Crippen LogP contribution is 2.07. The van der Waals surface area contributed by atoms with Crippen molar-refractivity contribution in [1.82, 2.24) is 15.2 Å². The Morgan fingerprint density at radius 1 is 1.38 bits per heavy atom. The normalized spacial score (nSPS) is 12.4. The van der Waals surface area contributed by atoms with Crippen molar-refractivity contribution in [3.63, 3.8) is 0 Å². The summed E-state index contributed by atoms with van der Waals surface area (Å²) < 4.78 is 0. The standard InChI is InChI=1S/C11H15N5/c1-8(12)11-14-10(15-16-11)7-13-9-5-3-2-4-6-9/h2-6,8,13H,7,12H2,1H3,(H,14,15,16)/t8-/m0/s1. The molecule has 5 heteroatoms. The Kier molecular flexibility index (Phi) is 3.16. The van der Waals surface area contributed by atoms with Crippen molar-refractivity contribution >= 4 is 5.69 Å². The molecule has 0 saturated heterocycles. The maximum absolute atomic E-state index is 5.67. The van der Waals surface area contributed by atoms with Crippen molar-refractivity contribution in [1.29, 1.82) is 0 Å². The highest BCUT2D eigenvalue weighted by molar-refractivity contribution is 5.42. The van der Waals surface area contributed by atoms with Gasteiger partial charge < -0.3 is 11.1 Å². The lowest BCUT2D eigenvalue weighted by Gasteiger charge is -2.02. The first-order valence-corrected chi connectivity index (χ1v) is 5.21. The number of para-hydroxylation sites is 1. The molecule has 5 nitrogen and oxygen atoms in total. The number of anilines is 1. The molecule has 2 rings (SSSR count). The van der Waals surface area contributed by atoms with Crippen LogP contribution in [-0.4, -0.2) is 15.2 Å². The third-order valence-corrected chi connectivity index (χ3v) is 2.19. The lowest BCUT2D eigenvalue weighted by molar-refractivity contribution is 0.744. The van der Waals surface area contributed by atoms with Crippen LogP contribution in [0.2, 0.25) is 0 Å². The fraction of sp³-hybridized carbons (Fsp3) is 0.273. The van der Waals surface area contributed by atoms with E-state index in [9.17, 15) is 0 Å². The molecule has 1 heterocycles. The van der Waals surface area contributed by atoms with Gasteiger partial charge in [0.15, 0.2) is 5.82 Å². The maximum Gasteiger partial charge on any atom is 0.167 e. The van der Waals surface area contributed by atoms with Crippen LogP contribution in [0.3, 0.4) is 0 Å². The van der Waals surface area contributed by atoms with Gasteiger partial charge in [0.25, 0.3) is 0 Å². The zero-order valence-corrected chi connectivity index (χ0v) is 9.14. The molecule has 0 radical (unpaired) electrons. The molecule has 0 aliphatic carbocycles. The van der Waals surface area contributed by atoms with Crippen molar-refractivity contribution in [2.24, 2.45) is 5.73 Å². The van der Waals surface area contributed by atoms with Gasteiger partial charge in [0.1, 0.15) is 5.82 Å². The molecule has 0 fully saturated rings. The van der Waals surface area contributed by atoms with E-state index in [0.717, 1.165) is 11.5 Å². The number of nitrogens with two attached hydrogens (primary N) is 1. The Morgan fingerprint density at radius 3 is 2.75 bits per heavy atom. The second-order valence-corrected chi connectivity index (χ2v) is 3.65. The number of hydrogen-bond donors (Lipinski definition) is 3. The predicted octanol–water partition coefficient (Wildman–Crippen LogP) is 1.44. The van der Waals surface area contributed by atoms with Crippen LogP contribution in [0.4, 0.5) is 5.69 Å². The van der Waals surface area contributed by atoms with Gasteiger partial charge in [-0.15, -0.1) is 0 Å². The van der Waals surface area contributed by atoms with Crippen molar-refractivity contribution in [3.8, 4) is 0 Å². The molecule has 1 atom stereocenters. The molecule has 0 aliphatic heterocycles. The average molecular weight is 217 g/mol. The Hall–Kier alpha value is -1.88. The maximum atomic E-state index is 5.67. The van der Waals surface area contributed by atoms with E-state index in [-0.39, 0.29) is 6.04 Å². The fourth-order valence-corrected chi connectivity index (χ4v) is 1.33. The Labute approximate surface area is 94.1 Å². The van der Waals surface area contributed by atoms with Crippen LogP contribution in [0.5, 0.6) is 0 Å². The van der Waals surface area contributed by atoms with E-state index in [0.29, 0.717) is 12.4 Å². The van der Waals surface area contributed by atoms with Crippen LogP contribution in [0, 0.1) is 0 Å². The Bertz CT molecular complexity index is 435. The highest BCUT2D eigenvalue weighted by atomic mass is 15.2. The summed E-state index contributed by atoms with van der Waals surface area (Å²) in [6.07, 6.45) is 0. The monoisotopic (exact) mass is 217 g/mol. The molecule has 0 bridgehead atoms. The number of H-pyrrole nitrogens is 1. The molecule has 0 unspecified atom stereocenters. The van der Waals surface area contributed by atoms with Gasteiger partial charge in [-0.2, -0.15) is 5.10 Å². The molecule has 1 aromatic heterocycles. The quantitative estimate of drug-likeness (QED) is 0.724. The number of benzene rings is 1. The van der Waals surface area contributed by atoms with Crippen molar-refractivity contribution in [2.75, 3.05) is 5.32 Å². The van der Waals surface area contributed by atoms with E-state index in [4.69, 9.17) is 5.73 Å². The summed E-state index contributed by atoms with van der Waals surface area (Å²) >= 11 is 0. The molecule has 0 aliphatic rings. The van der Waals surface area contributed by atoms with E-state index in [1.165, 1.54) is 0 Å². The molecular formula is C11H15N5. The minimum absolute atomic E-state index is 0.137. The highest BCUT2D eigenvalue weighted by Gasteiger charge is 2.06. The van der Waals surface area contributed by atoms with Crippen molar-refractivity contribution in [2.45, 2.75) is 19.5 Å².